The fourth-order valence-electron chi connectivity index (χ4n) is 19.8. The average molecular weight is 1630 g/mol. The first-order valence-electron chi connectivity index (χ1n) is 49.4. The molecule has 5 aliphatic carbocycles. The molecular weight excluding hydrogens is 1400 g/mol. The van der Waals surface area contributed by atoms with Gasteiger partial charge in [0, 0.05) is 38.3 Å². The van der Waals surface area contributed by atoms with Gasteiger partial charge in [-0.25, -0.2) is 0 Å². The van der Waals surface area contributed by atoms with Gasteiger partial charge in [0.25, 0.3) is 0 Å². The number of unbranched alkanes of at least 4 members (excludes halogenated alkanes) is 1. The zero-order valence-electron chi connectivity index (χ0n) is 82.8. The van der Waals surface area contributed by atoms with Crippen molar-refractivity contribution in [2.24, 2.45) is 102 Å². The number of hydrogen-bond acceptors (Lipinski definition) is 7. The molecule has 3 atom stereocenters. The van der Waals surface area contributed by atoms with Gasteiger partial charge in [-0.2, -0.15) is 0 Å². The Bertz CT molecular complexity index is 2020. The first-order valence-corrected chi connectivity index (χ1v) is 49.4. The Morgan fingerprint density at radius 3 is 0.974 bits per heavy atom. The molecule has 0 bridgehead atoms. The molecule has 0 aromatic rings. The summed E-state index contributed by atoms with van der Waals surface area (Å²) >= 11 is 0. The third-order valence-corrected chi connectivity index (χ3v) is 26.5. The number of nitrogens with zero attached hydrogens (tertiary/aromatic N) is 4. The Hall–Kier alpha value is -0.280. The van der Waals surface area contributed by atoms with Gasteiger partial charge in [0.2, 0.25) is 0 Å². The van der Waals surface area contributed by atoms with Crippen molar-refractivity contribution in [2.45, 2.75) is 506 Å². The van der Waals surface area contributed by atoms with Gasteiger partial charge in [-0.15, -0.1) is 0 Å². The van der Waals surface area contributed by atoms with E-state index in [1.165, 1.54) is 348 Å². The van der Waals surface area contributed by atoms with Gasteiger partial charge in [-0.05, 0) is 291 Å². The van der Waals surface area contributed by atoms with E-state index in [-0.39, 0.29) is 29.7 Å². The van der Waals surface area contributed by atoms with Gasteiger partial charge in [-0.3, -0.25) is 0 Å². The second-order valence-corrected chi connectivity index (χ2v) is 49.4. The van der Waals surface area contributed by atoms with Crippen molar-refractivity contribution in [3.05, 3.63) is 0 Å². The van der Waals surface area contributed by atoms with Gasteiger partial charge >= 0.3 is 0 Å². The van der Waals surface area contributed by atoms with Crippen molar-refractivity contribution >= 4 is 0 Å². The van der Waals surface area contributed by atoms with Gasteiger partial charge < -0.3 is 36.0 Å². The predicted molar refractivity (Wildman–Crippen MR) is 531 cm³/mol. The van der Waals surface area contributed by atoms with Crippen LogP contribution in [-0.4, -0.2) is 130 Å². The first-order chi connectivity index (χ1) is 51.3. The first kappa shape index (κ1) is 121. The molecule has 0 amide bonds. The molecule has 115 heavy (non-hydrogen) atoms. The van der Waals surface area contributed by atoms with E-state index in [9.17, 15) is 0 Å². The molecule has 4 N–H and O–H groups in total. The van der Waals surface area contributed by atoms with Crippen LogP contribution in [0.2, 0.25) is 0 Å². The van der Waals surface area contributed by atoms with Crippen LogP contribution in [0.4, 0.5) is 0 Å². The monoisotopic (exact) mass is 1630 g/mol. The van der Waals surface area contributed by atoms with Crippen LogP contribution in [0.5, 0.6) is 0 Å². The van der Waals surface area contributed by atoms with Crippen LogP contribution in [0.15, 0.2) is 0 Å². The standard InChI is InChI=1S/C12H25N.C11H24N2.C11H23N.3C11H22.2C10H21N.C10H20.C7H15N.4CH4/c1-12(2,3)8-7-11-13-9-5-4-6-10-13;1-3-5-7-13-10-8-12(6-4-2)9-11-13;1-11(2,3)9-10-5-7-12(4)8-6-10;1-9-5-7-10(8-6-9)11(2,3)4;2*1-11(2,3)9-10-7-5-4-6-8-10;1-10(2,3)8-9-6-4-5-7-11-9;1-10(2,3)8-6-4-5-7-9(8)11;1-10(2,3)8-9-6-4-5-7-9;1-7(2,3)6-4-8-5-6;;;;/h4-11H2,1-3H3;3-11H2,1-2H3;10H,5-9H2,1-4H3;9-10H,5-8H2,1-4H3;2*10H,4-9H2,1-3H3;9,11H,4-8H2,1-3H3;8-9H,4-7,11H2,1-3H3;9H,4-8H2,1-3H3;6,8H,4-5H2,1-3H3;4*1H4/t;;;;;;;8-,9-;;;;;;/m.......0....../s1. The summed E-state index contributed by atoms with van der Waals surface area (Å²) in [6.45, 7) is 88.3. The molecule has 10 fully saturated rings. The summed E-state index contributed by atoms with van der Waals surface area (Å²) in [5.41, 5.74) is 10.8. The fourth-order valence-corrected chi connectivity index (χ4v) is 19.8. The highest BCUT2D eigenvalue weighted by molar-refractivity contribution is 4.88. The van der Waals surface area contributed by atoms with E-state index in [0.717, 1.165) is 53.4 Å². The SMILES string of the molecule is C.C.C.C.CC(C)(C)C1CNC1.CC(C)(C)CC1CCCC1.CC(C)(C)CC1CCCCC1.CC(C)(C)CC1CCCCC1.CC(C)(C)CC1CCCCN1.CC(C)(C)CCCN1CCCCC1.CC(C)(C)[C@H]1CCCC[C@@H]1N.CC1CCC(C(C)(C)C)CC1.CCCCN1CCN(CCC)CC1.CN1CCC(CC(C)(C)C)CC1. The molecule has 7 heteroatoms. The Balaban J connectivity index is -0.000000594. The second kappa shape index (κ2) is 62.8. The molecule has 5 saturated carbocycles. The van der Waals surface area contributed by atoms with Crippen LogP contribution in [-0.2, 0) is 0 Å². The van der Waals surface area contributed by atoms with Crippen LogP contribution in [0.25, 0.3) is 0 Å². The van der Waals surface area contributed by atoms with Crippen LogP contribution in [0.1, 0.15) is 494 Å². The number of rotatable bonds is 13. The molecule has 5 heterocycles. The molecule has 5 saturated heterocycles. The normalized spacial score (nSPS) is 23.8. The number of hydrogen-bond donors (Lipinski definition) is 3. The summed E-state index contributed by atoms with van der Waals surface area (Å²) in [5.74, 6) is 7.78. The van der Waals surface area contributed by atoms with Gasteiger partial charge in [0.15, 0.2) is 0 Å². The zero-order chi connectivity index (χ0) is 84.2. The van der Waals surface area contributed by atoms with Crippen molar-refractivity contribution in [2.75, 3.05) is 98.7 Å². The number of nitrogens with one attached hydrogen (secondary N) is 2. The Morgan fingerprint density at radius 1 is 0.313 bits per heavy atom. The molecular formula is C108H231N7. The lowest BCUT2D eigenvalue weighted by molar-refractivity contribution is 0.131. The molecule has 10 rings (SSSR count). The van der Waals surface area contributed by atoms with Gasteiger partial charge in [0.05, 0.1) is 0 Å². The third kappa shape index (κ3) is 69.7. The van der Waals surface area contributed by atoms with E-state index in [1.54, 1.807) is 0 Å². The highest BCUT2D eigenvalue weighted by Crippen LogP contribution is 2.42. The minimum Gasteiger partial charge on any atom is -0.327 e. The maximum Gasteiger partial charge on any atom is 0.0110 e. The number of piperidine rings is 3. The largest absolute Gasteiger partial charge is 0.327 e. The minimum absolute atomic E-state index is 0. The predicted octanol–water partition coefficient (Wildman–Crippen LogP) is 32.3. The summed E-state index contributed by atoms with van der Waals surface area (Å²) in [6.07, 6.45) is 57.1. The van der Waals surface area contributed by atoms with Crippen molar-refractivity contribution in [3.8, 4) is 0 Å². The maximum atomic E-state index is 6.07. The lowest BCUT2D eigenvalue weighted by atomic mass is 9.70. The second-order valence-electron chi connectivity index (χ2n) is 49.4. The Morgan fingerprint density at radius 2 is 0.661 bits per heavy atom. The van der Waals surface area contributed by atoms with E-state index in [2.05, 4.69) is 245 Å². The van der Waals surface area contributed by atoms with Gasteiger partial charge in [-0.1, -0.05) is 372 Å². The number of likely N-dealkylation sites (tertiary alicyclic amines) is 2. The van der Waals surface area contributed by atoms with E-state index < -0.39 is 0 Å². The van der Waals surface area contributed by atoms with Crippen molar-refractivity contribution in [1.29, 1.82) is 0 Å². The summed E-state index contributed by atoms with van der Waals surface area (Å²) in [7, 11) is 2.23. The van der Waals surface area contributed by atoms with Crippen LogP contribution in [0.3, 0.4) is 0 Å². The Labute approximate surface area is 732 Å². The smallest absolute Gasteiger partial charge is 0.0110 e. The van der Waals surface area contributed by atoms with Crippen LogP contribution < -0.4 is 16.4 Å². The number of nitrogens with two attached hydrogens (primary N) is 1. The van der Waals surface area contributed by atoms with Crippen molar-refractivity contribution in [1.82, 2.24) is 30.2 Å². The average Bonchev–Trinajstić information content (AvgIpc) is 1.33. The van der Waals surface area contributed by atoms with E-state index in [0.29, 0.717) is 54.8 Å². The van der Waals surface area contributed by atoms with Crippen molar-refractivity contribution in [3.63, 3.8) is 0 Å². The molecule has 698 valence electrons. The molecule has 0 spiro atoms. The number of piperazine rings is 1. The summed E-state index contributed by atoms with van der Waals surface area (Å²) in [4.78, 5) is 10.3. The molecule has 0 aromatic carbocycles. The topological polar surface area (TPSA) is 63.0 Å². The molecule has 1 unspecified atom stereocenters. The molecule has 10 aliphatic rings. The van der Waals surface area contributed by atoms with Gasteiger partial charge in [0.1, 0.15) is 0 Å². The Kier molecular flexibility index (Phi) is 66.1. The summed E-state index contributed by atoms with van der Waals surface area (Å²) in [5, 5.41) is 6.84. The van der Waals surface area contributed by atoms with Crippen LogP contribution in [0, 0.1) is 96.1 Å². The summed E-state index contributed by atoms with van der Waals surface area (Å²) in [6, 6.07) is 1.26. The quantitative estimate of drug-likeness (QED) is 0.170. The lowest BCUT2D eigenvalue weighted by Crippen LogP contribution is -2.48. The zero-order valence-corrected chi connectivity index (χ0v) is 82.8. The van der Waals surface area contributed by atoms with E-state index in [4.69, 9.17) is 5.73 Å². The molecule has 5 aliphatic heterocycles. The highest BCUT2D eigenvalue weighted by Gasteiger charge is 2.33. The maximum absolute atomic E-state index is 6.07. The summed E-state index contributed by atoms with van der Waals surface area (Å²) < 4.78 is 0. The molecule has 7 nitrogen and oxygen atoms in total. The highest BCUT2D eigenvalue weighted by atomic mass is 15.3. The van der Waals surface area contributed by atoms with Crippen LogP contribution >= 0.6 is 0 Å². The van der Waals surface area contributed by atoms with E-state index in [1.807, 2.05) is 0 Å². The van der Waals surface area contributed by atoms with E-state index >= 15 is 0 Å². The minimum atomic E-state index is 0. The van der Waals surface area contributed by atoms with Crippen molar-refractivity contribution < 1.29 is 0 Å². The fraction of sp³-hybridized carbons (Fsp3) is 1.00. The lowest BCUT2D eigenvalue weighted by Gasteiger charge is -2.38. The molecule has 0 radical (unpaired) electrons. The third-order valence-electron chi connectivity index (χ3n) is 26.5. The molecule has 0 aromatic heterocycles.